The molecular weight excluding hydrogens is 243 g/mol. The van der Waals surface area contributed by atoms with Gasteiger partial charge in [-0.25, -0.2) is 4.39 Å². The van der Waals surface area contributed by atoms with Crippen LogP contribution in [0.5, 0.6) is 0 Å². The maximum absolute atomic E-state index is 13.4. The zero-order valence-electron chi connectivity index (χ0n) is 11.1. The minimum Gasteiger partial charge on any atom is -0.384 e. The highest BCUT2D eigenvalue weighted by Crippen LogP contribution is 2.34. The van der Waals surface area contributed by atoms with Crippen molar-refractivity contribution < 1.29 is 4.39 Å². The van der Waals surface area contributed by atoms with Gasteiger partial charge < -0.3 is 10.3 Å². The second-order valence-electron chi connectivity index (χ2n) is 4.76. The Morgan fingerprint density at radius 2 is 1.95 bits per heavy atom. The lowest BCUT2D eigenvalue weighted by atomic mass is 10.1. The van der Waals surface area contributed by atoms with Gasteiger partial charge in [-0.2, -0.15) is 5.10 Å². The molecular formula is C14H15FN4. The van der Waals surface area contributed by atoms with E-state index in [4.69, 9.17) is 5.73 Å². The molecule has 0 bridgehead atoms. The Morgan fingerprint density at radius 3 is 2.58 bits per heavy atom. The zero-order chi connectivity index (χ0) is 13.7. The van der Waals surface area contributed by atoms with Gasteiger partial charge in [0.05, 0.1) is 11.2 Å². The summed E-state index contributed by atoms with van der Waals surface area (Å²) in [7, 11) is 3.73. The van der Waals surface area contributed by atoms with Crippen molar-refractivity contribution in [3.05, 3.63) is 35.8 Å². The maximum atomic E-state index is 13.4. The lowest BCUT2D eigenvalue weighted by Crippen LogP contribution is -1.96. The van der Waals surface area contributed by atoms with E-state index in [0.717, 1.165) is 27.9 Å². The summed E-state index contributed by atoms with van der Waals surface area (Å²) < 4.78 is 17.0. The largest absolute Gasteiger partial charge is 0.384 e. The predicted octanol–water partition coefficient (Wildman–Crippen LogP) is 2.61. The molecule has 0 unspecified atom stereocenters. The third-order valence-electron chi connectivity index (χ3n) is 3.63. The molecule has 3 aromatic rings. The predicted molar refractivity (Wildman–Crippen MR) is 74.2 cm³/mol. The third kappa shape index (κ3) is 1.62. The highest BCUT2D eigenvalue weighted by molar-refractivity contribution is 5.97. The molecule has 1 aromatic carbocycles. The van der Waals surface area contributed by atoms with Gasteiger partial charge in [-0.05, 0) is 25.1 Å². The fraction of sp³-hybridized carbons (Fsp3) is 0.214. The molecule has 2 aromatic heterocycles. The summed E-state index contributed by atoms with van der Waals surface area (Å²) in [6, 6.07) is 6.64. The van der Waals surface area contributed by atoms with E-state index in [1.165, 1.54) is 12.1 Å². The minimum atomic E-state index is -0.236. The van der Waals surface area contributed by atoms with Gasteiger partial charge in [-0.15, -0.1) is 0 Å². The summed E-state index contributed by atoms with van der Waals surface area (Å²) in [5, 5.41) is 5.40. The molecule has 4 nitrogen and oxygen atoms in total. The molecule has 0 aliphatic carbocycles. The van der Waals surface area contributed by atoms with Crippen LogP contribution in [-0.4, -0.2) is 14.3 Å². The molecule has 3 rings (SSSR count). The van der Waals surface area contributed by atoms with E-state index in [-0.39, 0.29) is 5.82 Å². The van der Waals surface area contributed by atoms with E-state index in [2.05, 4.69) is 5.10 Å². The Kier molecular flexibility index (Phi) is 2.38. The average molecular weight is 258 g/mol. The fourth-order valence-electron chi connectivity index (χ4n) is 2.46. The quantitative estimate of drug-likeness (QED) is 0.729. The van der Waals surface area contributed by atoms with Crippen molar-refractivity contribution in [1.29, 1.82) is 0 Å². The van der Waals surface area contributed by atoms with Gasteiger partial charge >= 0.3 is 0 Å². The molecule has 5 heteroatoms. The standard InChI is InChI=1S/C14H15FN4/c1-8-14(11-7-13(16)19(3)17-11)10-5-4-9(15)6-12(10)18(8)2/h4-7H,16H2,1-3H3. The van der Waals surface area contributed by atoms with E-state index < -0.39 is 0 Å². The minimum absolute atomic E-state index is 0.236. The van der Waals surface area contributed by atoms with Crippen LogP contribution < -0.4 is 5.73 Å². The summed E-state index contributed by atoms with van der Waals surface area (Å²) in [6.07, 6.45) is 0. The van der Waals surface area contributed by atoms with Gasteiger partial charge in [0, 0.05) is 36.8 Å². The first-order valence-electron chi connectivity index (χ1n) is 6.03. The van der Waals surface area contributed by atoms with E-state index in [0.29, 0.717) is 5.82 Å². The van der Waals surface area contributed by atoms with Gasteiger partial charge in [-0.1, -0.05) is 0 Å². The molecule has 0 saturated carbocycles. The molecule has 2 heterocycles. The van der Waals surface area contributed by atoms with Crippen molar-refractivity contribution in [1.82, 2.24) is 14.3 Å². The van der Waals surface area contributed by atoms with Crippen molar-refractivity contribution in [3.8, 4) is 11.3 Å². The highest BCUT2D eigenvalue weighted by atomic mass is 19.1. The number of fused-ring (bicyclic) bond motifs is 1. The number of nitrogens with two attached hydrogens (primary N) is 1. The third-order valence-corrected chi connectivity index (χ3v) is 3.63. The molecule has 0 aliphatic heterocycles. The van der Waals surface area contributed by atoms with Gasteiger partial charge in [0.15, 0.2) is 0 Å². The smallest absolute Gasteiger partial charge is 0.125 e. The number of rotatable bonds is 1. The molecule has 98 valence electrons. The number of aromatic nitrogens is 3. The van der Waals surface area contributed by atoms with Crippen LogP contribution in [0, 0.1) is 12.7 Å². The Hall–Kier alpha value is -2.30. The number of benzene rings is 1. The van der Waals surface area contributed by atoms with Gasteiger partial charge in [0.2, 0.25) is 0 Å². The van der Waals surface area contributed by atoms with Crippen molar-refractivity contribution in [2.75, 3.05) is 5.73 Å². The Bertz CT molecular complexity index is 763. The fourth-order valence-corrected chi connectivity index (χ4v) is 2.46. The first kappa shape index (κ1) is 11.8. The number of nitrogen functional groups attached to an aromatic ring is 1. The second-order valence-corrected chi connectivity index (χ2v) is 4.76. The van der Waals surface area contributed by atoms with E-state index in [1.54, 1.807) is 17.8 Å². The van der Waals surface area contributed by atoms with Crippen molar-refractivity contribution >= 4 is 16.7 Å². The SMILES string of the molecule is Cc1c(-c2cc(N)n(C)n2)c2ccc(F)cc2n1C. The van der Waals surface area contributed by atoms with Crippen LogP contribution in [0.25, 0.3) is 22.2 Å². The number of hydrogen-bond acceptors (Lipinski definition) is 2. The number of aryl methyl sites for hydroxylation is 2. The number of hydrogen-bond donors (Lipinski definition) is 1. The zero-order valence-corrected chi connectivity index (χ0v) is 11.1. The van der Waals surface area contributed by atoms with Gasteiger partial charge in [-0.3, -0.25) is 4.68 Å². The highest BCUT2D eigenvalue weighted by Gasteiger charge is 2.17. The maximum Gasteiger partial charge on any atom is 0.125 e. The van der Waals surface area contributed by atoms with E-state index >= 15 is 0 Å². The van der Waals surface area contributed by atoms with Crippen LogP contribution in [0.1, 0.15) is 5.69 Å². The van der Waals surface area contributed by atoms with Crippen molar-refractivity contribution in [2.24, 2.45) is 14.1 Å². The molecule has 0 aliphatic rings. The topological polar surface area (TPSA) is 48.8 Å². The number of anilines is 1. The molecule has 0 amide bonds. The van der Waals surface area contributed by atoms with Crippen molar-refractivity contribution in [3.63, 3.8) is 0 Å². The van der Waals surface area contributed by atoms with Crippen LogP contribution >= 0.6 is 0 Å². The molecule has 0 atom stereocenters. The van der Waals surface area contributed by atoms with Gasteiger partial charge in [0.1, 0.15) is 11.6 Å². The molecule has 0 radical (unpaired) electrons. The van der Waals surface area contributed by atoms with Gasteiger partial charge in [0.25, 0.3) is 0 Å². The Morgan fingerprint density at radius 1 is 1.21 bits per heavy atom. The van der Waals surface area contributed by atoms with Crippen LogP contribution in [0.15, 0.2) is 24.3 Å². The molecule has 19 heavy (non-hydrogen) atoms. The number of nitrogens with zero attached hydrogens (tertiary/aromatic N) is 3. The summed E-state index contributed by atoms with van der Waals surface area (Å²) in [6.45, 7) is 2.00. The summed E-state index contributed by atoms with van der Waals surface area (Å²) in [5.41, 5.74) is 9.55. The first-order valence-corrected chi connectivity index (χ1v) is 6.03. The Balaban J connectivity index is 2.38. The normalized spacial score (nSPS) is 11.4. The molecule has 0 saturated heterocycles. The molecule has 0 spiro atoms. The van der Waals surface area contributed by atoms with Crippen LogP contribution in [0.2, 0.25) is 0 Å². The first-order chi connectivity index (χ1) is 8.99. The summed E-state index contributed by atoms with van der Waals surface area (Å²) in [4.78, 5) is 0. The Labute approximate surface area is 110 Å². The summed E-state index contributed by atoms with van der Waals surface area (Å²) in [5.74, 6) is 0.369. The lowest BCUT2D eigenvalue weighted by molar-refractivity contribution is 0.629. The lowest BCUT2D eigenvalue weighted by Gasteiger charge is -1.98. The van der Waals surface area contributed by atoms with Crippen LogP contribution in [0.3, 0.4) is 0 Å². The molecule has 2 N–H and O–H groups in total. The van der Waals surface area contributed by atoms with E-state index in [1.807, 2.05) is 24.6 Å². The number of halogens is 1. The second kappa shape index (κ2) is 3.85. The van der Waals surface area contributed by atoms with Crippen LogP contribution in [-0.2, 0) is 14.1 Å². The van der Waals surface area contributed by atoms with Crippen molar-refractivity contribution in [2.45, 2.75) is 6.92 Å². The molecule has 0 fully saturated rings. The van der Waals surface area contributed by atoms with Crippen LogP contribution in [0.4, 0.5) is 10.2 Å². The average Bonchev–Trinajstić information content (AvgIpc) is 2.81. The van der Waals surface area contributed by atoms with E-state index in [9.17, 15) is 4.39 Å². The monoisotopic (exact) mass is 258 g/mol. The summed E-state index contributed by atoms with van der Waals surface area (Å²) >= 11 is 0.